The molecular formula is C64H76B2O2P2. The normalized spacial score (nSPS) is 11.0. The van der Waals surface area contributed by atoms with Crippen molar-refractivity contribution in [2.75, 3.05) is 13.3 Å². The highest BCUT2D eigenvalue weighted by Gasteiger charge is 2.29. The van der Waals surface area contributed by atoms with Crippen molar-refractivity contribution >= 4 is 70.8 Å². The molecule has 0 aromatic heterocycles. The van der Waals surface area contributed by atoms with E-state index < -0.39 is 14.3 Å². The average Bonchev–Trinajstić information content (AvgIpc) is 3.29. The van der Waals surface area contributed by atoms with Gasteiger partial charge in [0.15, 0.2) is 0 Å². The Morgan fingerprint density at radius 2 is 0.529 bits per heavy atom. The first-order chi connectivity index (χ1) is 33.0. The summed E-state index contributed by atoms with van der Waals surface area (Å²) in [5.74, 6) is 0. The lowest BCUT2D eigenvalue weighted by Crippen LogP contribution is -2.45. The smallest absolute Gasteiger partial charge is 0.207 e. The summed E-state index contributed by atoms with van der Waals surface area (Å²) in [6.07, 6.45) is 0. The third-order valence-electron chi connectivity index (χ3n) is 13.6. The SMILES string of the molecule is CB(c1c(C)cc(C)cc1C)c1c(C)cc(C)cc1C.CB(c1ccccc1)c1ccccc1.CP(=O)(c1ccccc1)c1ccccc1.Cc1cc(C)c(P(C)(=O)c2c(C)cc(C)cc2C)c(C)c1. The predicted molar refractivity (Wildman–Crippen MR) is 316 cm³/mol. The van der Waals surface area contributed by atoms with Gasteiger partial charge in [0.05, 0.1) is 0 Å². The Labute approximate surface area is 424 Å². The first-order valence-electron chi connectivity index (χ1n) is 24.7. The Hall–Kier alpha value is -5.65. The second-order valence-corrected chi connectivity index (χ2v) is 25.5. The van der Waals surface area contributed by atoms with Crippen molar-refractivity contribution in [3.8, 4) is 0 Å². The van der Waals surface area contributed by atoms with Gasteiger partial charge in [-0.05, 0) is 119 Å². The van der Waals surface area contributed by atoms with Crippen LogP contribution in [0.25, 0.3) is 0 Å². The first kappa shape index (κ1) is 55.3. The van der Waals surface area contributed by atoms with Crippen LogP contribution in [-0.4, -0.2) is 26.8 Å². The van der Waals surface area contributed by atoms with Gasteiger partial charge in [-0.2, -0.15) is 0 Å². The molecule has 0 fully saturated rings. The van der Waals surface area contributed by atoms with Crippen LogP contribution in [0.4, 0.5) is 0 Å². The van der Waals surface area contributed by atoms with Gasteiger partial charge < -0.3 is 9.13 Å². The molecule has 8 aromatic rings. The number of aryl methyl sites for hydroxylation is 12. The Morgan fingerprint density at radius 1 is 0.300 bits per heavy atom. The Kier molecular flexibility index (Phi) is 19.3. The lowest BCUT2D eigenvalue weighted by molar-refractivity contribution is 0.589. The monoisotopic (exact) mass is 961 g/mol. The van der Waals surface area contributed by atoms with Crippen LogP contribution in [0, 0.1) is 83.1 Å². The molecule has 0 aliphatic carbocycles. The molecule has 0 spiro atoms. The topological polar surface area (TPSA) is 34.1 Å². The van der Waals surface area contributed by atoms with Crippen molar-refractivity contribution in [3.63, 3.8) is 0 Å². The molecule has 0 radical (unpaired) electrons. The van der Waals surface area contributed by atoms with Gasteiger partial charge in [0.2, 0.25) is 13.4 Å². The van der Waals surface area contributed by atoms with Gasteiger partial charge in [-0.1, -0.05) is 250 Å². The molecule has 70 heavy (non-hydrogen) atoms. The molecule has 0 unspecified atom stereocenters. The molecule has 6 heteroatoms. The highest BCUT2D eigenvalue weighted by molar-refractivity contribution is 7.78. The molecule has 360 valence electrons. The van der Waals surface area contributed by atoms with Gasteiger partial charge in [0, 0.05) is 21.2 Å². The molecule has 0 saturated carbocycles. The third-order valence-corrected chi connectivity index (χ3v) is 19.2. The number of hydrogen-bond acceptors (Lipinski definition) is 2. The van der Waals surface area contributed by atoms with Crippen LogP contribution < -0.4 is 43.1 Å². The van der Waals surface area contributed by atoms with E-state index in [-0.39, 0.29) is 0 Å². The highest BCUT2D eigenvalue weighted by atomic mass is 31.2. The van der Waals surface area contributed by atoms with E-state index in [4.69, 9.17) is 0 Å². The zero-order chi connectivity index (χ0) is 51.5. The largest absolute Gasteiger partial charge is 0.314 e. The molecule has 0 atom stereocenters. The summed E-state index contributed by atoms with van der Waals surface area (Å²) in [5, 5.41) is 3.89. The average molecular weight is 961 g/mol. The Morgan fingerprint density at radius 3 is 0.786 bits per heavy atom. The number of rotatable bonds is 8. The summed E-state index contributed by atoms with van der Waals surface area (Å²) in [4.78, 5) is 0. The van der Waals surface area contributed by atoms with Crippen molar-refractivity contribution in [1.29, 1.82) is 0 Å². The van der Waals surface area contributed by atoms with Gasteiger partial charge in [-0.25, -0.2) is 0 Å². The molecule has 0 N–H and O–H groups in total. The van der Waals surface area contributed by atoms with Gasteiger partial charge in [-0.15, -0.1) is 0 Å². The van der Waals surface area contributed by atoms with Gasteiger partial charge in [0.25, 0.3) is 0 Å². The summed E-state index contributed by atoms with van der Waals surface area (Å²) < 4.78 is 26.3. The number of hydrogen-bond donors (Lipinski definition) is 0. The zero-order valence-corrected chi connectivity index (χ0v) is 46.8. The quantitative estimate of drug-likeness (QED) is 0.112. The maximum atomic E-state index is 13.7. The van der Waals surface area contributed by atoms with Gasteiger partial charge in [-0.3, -0.25) is 0 Å². The van der Waals surface area contributed by atoms with Crippen LogP contribution in [0.3, 0.4) is 0 Å². The third kappa shape index (κ3) is 13.8. The second-order valence-electron chi connectivity index (χ2n) is 19.9. The molecular weight excluding hydrogens is 884 g/mol. The maximum Gasteiger partial charge on any atom is 0.207 e. The van der Waals surface area contributed by atoms with E-state index in [1.165, 1.54) is 66.4 Å². The fraction of sp³-hybridized carbons (Fsp3) is 0.250. The molecule has 2 nitrogen and oxygen atoms in total. The predicted octanol–water partition coefficient (Wildman–Crippen LogP) is 12.8. The maximum absolute atomic E-state index is 13.7. The molecule has 0 aliphatic rings. The summed E-state index contributed by atoms with van der Waals surface area (Å²) >= 11 is 0. The van der Waals surface area contributed by atoms with Crippen LogP contribution in [0.15, 0.2) is 170 Å². The van der Waals surface area contributed by atoms with Crippen molar-refractivity contribution in [2.24, 2.45) is 0 Å². The Bertz CT molecular complexity index is 2820. The van der Waals surface area contributed by atoms with Gasteiger partial charge >= 0.3 is 0 Å². The van der Waals surface area contributed by atoms with Crippen LogP contribution in [0.2, 0.25) is 13.6 Å². The fourth-order valence-corrected chi connectivity index (χ4v) is 15.9. The van der Waals surface area contributed by atoms with E-state index in [1.807, 2.05) is 74.0 Å². The van der Waals surface area contributed by atoms with Crippen molar-refractivity contribution < 1.29 is 9.13 Å². The summed E-state index contributed by atoms with van der Waals surface area (Å²) in [7, 11) is -4.98. The second kappa shape index (κ2) is 24.5. The summed E-state index contributed by atoms with van der Waals surface area (Å²) in [5.41, 5.74) is 21.1. The molecule has 0 aliphatic heterocycles. The van der Waals surface area contributed by atoms with Crippen LogP contribution >= 0.6 is 14.3 Å². The van der Waals surface area contributed by atoms with E-state index in [9.17, 15) is 9.13 Å². The Balaban J connectivity index is 0.000000176. The fourth-order valence-electron chi connectivity index (χ4n) is 10.9. The van der Waals surface area contributed by atoms with Crippen molar-refractivity contribution in [3.05, 3.63) is 237 Å². The van der Waals surface area contributed by atoms with E-state index in [0.717, 1.165) is 43.5 Å². The van der Waals surface area contributed by atoms with Crippen molar-refractivity contribution in [2.45, 2.75) is 96.7 Å². The standard InChI is InChI=1S/C19H25B.C19H25OP.C13H13B.C13H13OP/c1-12-8-14(3)18(15(4)9-12)20(7)19-16(5)10-13(2)11-17(19)6;1-12-8-14(3)18(15(4)9-12)21(7,20)19-16(5)10-13(2)11-17(19)6;1-14(12-8-4-2-5-9-12)13-10-6-3-7-11-13;1-15(14,12-8-4-2-5-9-12)13-10-6-3-7-11-13/h8-11H,1-7H3;8-11H,1-7H3;2-11H,1H3;2-11H,1H3. The lowest BCUT2D eigenvalue weighted by atomic mass is 9.39. The highest BCUT2D eigenvalue weighted by Crippen LogP contribution is 2.44. The molecule has 0 amide bonds. The van der Waals surface area contributed by atoms with Crippen LogP contribution in [-0.2, 0) is 9.13 Å². The molecule has 8 rings (SSSR count). The molecule has 0 bridgehead atoms. The van der Waals surface area contributed by atoms with E-state index in [1.54, 1.807) is 0 Å². The summed E-state index contributed by atoms with van der Waals surface area (Å²) in [6.45, 7) is 35.1. The molecule has 0 heterocycles. The minimum Gasteiger partial charge on any atom is -0.314 e. The zero-order valence-electron chi connectivity index (χ0n) is 45.0. The number of benzene rings is 8. The lowest BCUT2D eigenvalue weighted by Gasteiger charge is -2.23. The van der Waals surface area contributed by atoms with Gasteiger partial charge in [0.1, 0.15) is 14.3 Å². The van der Waals surface area contributed by atoms with Crippen LogP contribution in [0.5, 0.6) is 0 Å². The molecule has 0 saturated heterocycles. The minimum atomic E-state index is -2.59. The van der Waals surface area contributed by atoms with E-state index in [2.05, 4.69) is 206 Å². The molecule has 8 aromatic carbocycles. The van der Waals surface area contributed by atoms with E-state index in [0.29, 0.717) is 13.4 Å². The first-order valence-corrected chi connectivity index (χ1v) is 29.0. The van der Waals surface area contributed by atoms with E-state index >= 15 is 0 Å². The minimum absolute atomic E-state index is 0.455. The summed E-state index contributed by atoms with van der Waals surface area (Å²) in [6, 6.07) is 58.2. The van der Waals surface area contributed by atoms with Crippen LogP contribution in [0.1, 0.15) is 66.8 Å². The van der Waals surface area contributed by atoms with Crippen molar-refractivity contribution in [1.82, 2.24) is 0 Å².